The van der Waals surface area contributed by atoms with Crippen LogP contribution < -0.4 is 5.32 Å². The summed E-state index contributed by atoms with van der Waals surface area (Å²) < 4.78 is 6.00. The first-order valence-electron chi connectivity index (χ1n) is 6.57. The molecule has 2 nitrogen and oxygen atoms in total. The topological polar surface area (TPSA) is 21.3 Å². The average Bonchev–Trinajstić information content (AvgIpc) is 2.23. The van der Waals surface area contributed by atoms with Crippen molar-refractivity contribution in [3.8, 4) is 0 Å². The first-order chi connectivity index (χ1) is 7.22. The molecule has 0 unspecified atom stereocenters. The van der Waals surface area contributed by atoms with Gasteiger partial charge < -0.3 is 10.1 Å². The Bertz CT molecular complexity index is 162. The number of rotatable bonds is 6. The summed E-state index contributed by atoms with van der Waals surface area (Å²) in [6.07, 6.45) is 6.33. The summed E-state index contributed by atoms with van der Waals surface area (Å²) in [5.74, 6) is 0.893. The Morgan fingerprint density at radius 2 is 1.93 bits per heavy atom. The third-order valence-electron chi connectivity index (χ3n) is 3.51. The molecule has 1 N–H and O–H groups in total. The highest BCUT2D eigenvalue weighted by Crippen LogP contribution is 2.34. The van der Waals surface area contributed by atoms with Crippen LogP contribution in [0.1, 0.15) is 52.9 Å². The minimum atomic E-state index is 0.149. The van der Waals surface area contributed by atoms with Gasteiger partial charge in [-0.1, -0.05) is 13.8 Å². The molecule has 0 saturated heterocycles. The van der Waals surface area contributed by atoms with Crippen LogP contribution in [0.2, 0.25) is 0 Å². The first-order valence-corrected chi connectivity index (χ1v) is 6.57. The van der Waals surface area contributed by atoms with E-state index in [1.165, 1.54) is 32.1 Å². The molecular weight excluding hydrogens is 186 g/mol. The van der Waals surface area contributed by atoms with Gasteiger partial charge in [-0.15, -0.1) is 0 Å². The normalized spacial score (nSPS) is 31.8. The van der Waals surface area contributed by atoms with Crippen LogP contribution >= 0.6 is 0 Å². The number of hydrogen-bond donors (Lipinski definition) is 1. The highest BCUT2D eigenvalue weighted by Gasteiger charge is 2.34. The molecule has 0 aromatic carbocycles. The molecule has 1 fully saturated rings. The lowest BCUT2D eigenvalue weighted by molar-refractivity contribution is -0.0697. The van der Waals surface area contributed by atoms with Gasteiger partial charge in [0.15, 0.2) is 0 Å². The lowest BCUT2D eigenvalue weighted by Crippen LogP contribution is -2.46. The third-order valence-corrected chi connectivity index (χ3v) is 3.51. The summed E-state index contributed by atoms with van der Waals surface area (Å²) in [6.45, 7) is 9.69. The molecule has 0 aliphatic heterocycles. The van der Waals surface area contributed by atoms with Gasteiger partial charge in [-0.2, -0.15) is 0 Å². The summed E-state index contributed by atoms with van der Waals surface area (Å²) in [4.78, 5) is 0. The minimum absolute atomic E-state index is 0.149. The van der Waals surface area contributed by atoms with Gasteiger partial charge in [-0.25, -0.2) is 0 Å². The summed E-state index contributed by atoms with van der Waals surface area (Å²) in [5.41, 5.74) is 0.149. The maximum Gasteiger partial charge on any atom is 0.0806 e. The van der Waals surface area contributed by atoms with E-state index in [1.54, 1.807) is 0 Å². The zero-order chi connectivity index (χ0) is 11.1. The molecule has 0 heterocycles. The molecule has 0 spiro atoms. The van der Waals surface area contributed by atoms with E-state index in [4.69, 9.17) is 4.74 Å². The number of ether oxygens (including phenoxy) is 1. The standard InChI is InChI=1S/C13H27NO/c1-4-10-14-11-13(15-5-2)8-6-12(3)7-9-13/h12,14H,4-11H2,1-3H3. The Morgan fingerprint density at radius 1 is 1.27 bits per heavy atom. The van der Waals surface area contributed by atoms with Gasteiger partial charge in [0.1, 0.15) is 0 Å². The molecule has 2 heteroatoms. The molecule has 0 atom stereocenters. The molecule has 1 aliphatic carbocycles. The molecule has 1 rings (SSSR count). The highest BCUT2D eigenvalue weighted by atomic mass is 16.5. The number of nitrogens with one attached hydrogen (secondary N) is 1. The van der Waals surface area contributed by atoms with Crippen molar-refractivity contribution in [2.24, 2.45) is 5.92 Å². The maximum atomic E-state index is 6.00. The summed E-state index contributed by atoms with van der Waals surface area (Å²) in [7, 11) is 0. The van der Waals surface area contributed by atoms with Crippen molar-refractivity contribution in [1.82, 2.24) is 5.32 Å². The Labute approximate surface area is 94.8 Å². The van der Waals surface area contributed by atoms with Crippen molar-refractivity contribution in [1.29, 1.82) is 0 Å². The molecule has 1 aliphatic rings. The van der Waals surface area contributed by atoms with E-state index >= 15 is 0 Å². The Kier molecular flexibility index (Phi) is 5.62. The lowest BCUT2D eigenvalue weighted by atomic mass is 9.79. The smallest absolute Gasteiger partial charge is 0.0806 e. The Hall–Kier alpha value is -0.0800. The van der Waals surface area contributed by atoms with Gasteiger partial charge in [-0.3, -0.25) is 0 Å². The fraction of sp³-hybridized carbons (Fsp3) is 1.00. The summed E-state index contributed by atoms with van der Waals surface area (Å²) in [6, 6.07) is 0. The van der Waals surface area contributed by atoms with Crippen LogP contribution in [0, 0.1) is 5.92 Å². The van der Waals surface area contributed by atoms with E-state index in [0.29, 0.717) is 0 Å². The second-order valence-electron chi connectivity index (χ2n) is 4.98. The van der Waals surface area contributed by atoms with E-state index < -0.39 is 0 Å². The van der Waals surface area contributed by atoms with Crippen LogP contribution in [-0.4, -0.2) is 25.3 Å². The first kappa shape index (κ1) is 13.0. The predicted octanol–water partition coefficient (Wildman–Crippen LogP) is 2.97. The van der Waals surface area contributed by atoms with E-state index in [9.17, 15) is 0 Å². The molecule has 0 bridgehead atoms. The van der Waals surface area contributed by atoms with Crippen molar-refractivity contribution >= 4 is 0 Å². The van der Waals surface area contributed by atoms with Crippen LogP contribution in [0.5, 0.6) is 0 Å². The van der Waals surface area contributed by atoms with E-state index in [0.717, 1.165) is 25.6 Å². The van der Waals surface area contributed by atoms with Gasteiger partial charge in [0.05, 0.1) is 5.60 Å². The van der Waals surface area contributed by atoms with Crippen LogP contribution in [0.25, 0.3) is 0 Å². The second kappa shape index (κ2) is 6.49. The lowest BCUT2D eigenvalue weighted by Gasteiger charge is -2.39. The molecule has 1 saturated carbocycles. The van der Waals surface area contributed by atoms with Gasteiger partial charge in [0.2, 0.25) is 0 Å². The average molecular weight is 213 g/mol. The van der Waals surface area contributed by atoms with E-state index in [1.807, 2.05) is 0 Å². The second-order valence-corrected chi connectivity index (χ2v) is 4.98. The fourth-order valence-electron chi connectivity index (χ4n) is 2.46. The monoisotopic (exact) mass is 213 g/mol. The quantitative estimate of drug-likeness (QED) is 0.685. The Morgan fingerprint density at radius 3 is 2.47 bits per heavy atom. The van der Waals surface area contributed by atoms with Crippen LogP contribution in [-0.2, 0) is 4.74 Å². The fourth-order valence-corrected chi connectivity index (χ4v) is 2.46. The summed E-state index contributed by atoms with van der Waals surface area (Å²) >= 11 is 0. The maximum absolute atomic E-state index is 6.00. The van der Waals surface area contributed by atoms with Gasteiger partial charge >= 0.3 is 0 Å². The van der Waals surface area contributed by atoms with Crippen molar-refractivity contribution in [3.63, 3.8) is 0 Å². The molecule has 15 heavy (non-hydrogen) atoms. The molecule has 0 aromatic rings. The zero-order valence-corrected chi connectivity index (χ0v) is 10.6. The highest BCUT2D eigenvalue weighted by molar-refractivity contribution is 4.88. The van der Waals surface area contributed by atoms with Crippen molar-refractivity contribution < 1.29 is 4.74 Å². The van der Waals surface area contributed by atoms with Crippen molar-refractivity contribution in [3.05, 3.63) is 0 Å². The van der Waals surface area contributed by atoms with Crippen molar-refractivity contribution in [2.45, 2.75) is 58.5 Å². The van der Waals surface area contributed by atoms with Crippen molar-refractivity contribution in [2.75, 3.05) is 19.7 Å². The van der Waals surface area contributed by atoms with Crippen LogP contribution in [0.15, 0.2) is 0 Å². The van der Waals surface area contributed by atoms with Gasteiger partial charge in [0.25, 0.3) is 0 Å². The van der Waals surface area contributed by atoms with Gasteiger partial charge in [-0.05, 0) is 51.5 Å². The van der Waals surface area contributed by atoms with E-state index in [2.05, 4.69) is 26.1 Å². The molecule has 0 aromatic heterocycles. The molecular formula is C13H27NO. The zero-order valence-electron chi connectivity index (χ0n) is 10.6. The largest absolute Gasteiger partial charge is 0.374 e. The minimum Gasteiger partial charge on any atom is -0.374 e. The molecule has 0 amide bonds. The predicted molar refractivity (Wildman–Crippen MR) is 65.1 cm³/mol. The molecule has 90 valence electrons. The van der Waals surface area contributed by atoms with Gasteiger partial charge in [0, 0.05) is 13.2 Å². The number of hydrogen-bond acceptors (Lipinski definition) is 2. The molecule has 0 radical (unpaired) electrons. The SMILES string of the molecule is CCCNCC1(OCC)CCC(C)CC1. The third kappa shape index (κ3) is 4.12. The van der Waals surface area contributed by atoms with Crippen LogP contribution in [0.3, 0.4) is 0 Å². The van der Waals surface area contributed by atoms with E-state index in [-0.39, 0.29) is 5.60 Å². The summed E-state index contributed by atoms with van der Waals surface area (Å²) in [5, 5.41) is 3.52. The van der Waals surface area contributed by atoms with Crippen LogP contribution in [0.4, 0.5) is 0 Å². The Balaban J connectivity index is 2.39.